The number of Topliss-reactive ketones (excluding diaryl/α,β-unsaturated/α-hetero) is 1. The van der Waals surface area contributed by atoms with Gasteiger partial charge in [0.2, 0.25) is 11.6 Å². The van der Waals surface area contributed by atoms with Gasteiger partial charge in [-0.05, 0) is 13.5 Å². The van der Waals surface area contributed by atoms with Crippen LogP contribution in [-0.2, 0) is 19.0 Å². The largest absolute Gasteiger partial charge is 0.394 e. The molecule has 13 heteroatoms. The number of rotatable bonds is 16. The highest BCUT2D eigenvalue weighted by atomic mass is 79.9. The molecular weight excluding hydrogens is 570 g/mol. The SMILES string of the molecule is CCCCCCCCCCC(Br)C(=O)C1(O)O[C@H](CO)[C@@H](O[C@@H]2O[C@H](CO)[C@H](O)[C@H](O)[C@H]2O)[C@H](O)[C@H]1NC. The lowest BCUT2D eigenvalue weighted by molar-refractivity contribution is -0.358. The fraction of sp³-hybridized carbons (Fsp3) is 0.960. The first-order valence-electron chi connectivity index (χ1n) is 13.6. The van der Waals surface area contributed by atoms with Crippen LogP contribution in [0.15, 0.2) is 0 Å². The van der Waals surface area contributed by atoms with Gasteiger partial charge in [0.1, 0.15) is 42.7 Å². The Balaban J connectivity index is 2.04. The van der Waals surface area contributed by atoms with Crippen LogP contribution in [0, 0.1) is 0 Å². The molecule has 0 bridgehead atoms. The molecule has 12 nitrogen and oxygen atoms in total. The Hall–Kier alpha value is -0.290. The van der Waals surface area contributed by atoms with Crippen LogP contribution in [0.1, 0.15) is 64.7 Å². The number of unbranched alkanes of at least 4 members (excludes halogenated alkanes) is 7. The summed E-state index contributed by atoms with van der Waals surface area (Å²) in [5.41, 5.74) is 0. The zero-order chi connectivity index (χ0) is 28.5. The Bertz CT molecular complexity index is 704. The Morgan fingerprint density at radius 3 is 2.05 bits per heavy atom. The van der Waals surface area contributed by atoms with E-state index in [4.69, 9.17) is 14.2 Å². The minimum absolute atomic E-state index is 0.445. The van der Waals surface area contributed by atoms with Crippen molar-refractivity contribution in [3.63, 3.8) is 0 Å². The minimum atomic E-state index is -2.51. The van der Waals surface area contributed by atoms with Crippen molar-refractivity contribution in [1.29, 1.82) is 0 Å². The molecule has 0 spiro atoms. The minimum Gasteiger partial charge on any atom is -0.394 e. The van der Waals surface area contributed by atoms with Crippen LogP contribution in [0.25, 0.3) is 0 Å². The average molecular weight is 617 g/mol. The van der Waals surface area contributed by atoms with Crippen molar-refractivity contribution in [2.45, 2.75) is 130 Å². The molecule has 0 amide bonds. The van der Waals surface area contributed by atoms with Crippen molar-refractivity contribution in [2.24, 2.45) is 0 Å². The summed E-state index contributed by atoms with van der Waals surface area (Å²) >= 11 is 3.34. The van der Waals surface area contributed by atoms with Gasteiger partial charge in [-0.3, -0.25) is 4.79 Å². The first-order valence-corrected chi connectivity index (χ1v) is 14.5. The number of carbonyl (C=O) groups excluding carboxylic acids is 1. The molecule has 2 aliphatic heterocycles. The summed E-state index contributed by atoms with van der Waals surface area (Å²) in [6, 6.07) is -1.38. The van der Waals surface area contributed by atoms with Gasteiger partial charge in [0.05, 0.1) is 24.1 Å². The molecule has 2 fully saturated rings. The number of aliphatic hydroxyl groups excluding tert-OH is 6. The second kappa shape index (κ2) is 16.2. The maximum Gasteiger partial charge on any atom is 0.246 e. The van der Waals surface area contributed by atoms with E-state index in [-0.39, 0.29) is 0 Å². The van der Waals surface area contributed by atoms with E-state index in [1.54, 1.807) is 0 Å². The van der Waals surface area contributed by atoms with Gasteiger partial charge in [0.25, 0.3) is 0 Å². The lowest BCUT2D eigenvalue weighted by Gasteiger charge is -2.50. The number of aliphatic hydroxyl groups is 7. The van der Waals surface area contributed by atoms with E-state index in [2.05, 4.69) is 28.2 Å². The molecule has 2 rings (SSSR count). The number of hydrogen-bond donors (Lipinski definition) is 8. The molecule has 0 radical (unpaired) electrons. The highest BCUT2D eigenvalue weighted by Crippen LogP contribution is 2.35. The molecule has 0 aliphatic carbocycles. The van der Waals surface area contributed by atoms with E-state index in [0.29, 0.717) is 6.42 Å². The number of carbonyl (C=O) groups is 1. The van der Waals surface area contributed by atoms with Crippen molar-refractivity contribution in [1.82, 2.24) is 5.32 Å². The molecular formula is C25H46BrNO11. The van der Waals surface area contributed by atoms with Crippen molar-refractivity contribution in [3.8, 4) is 0 Å². The highest BCUT2D eigenvalue weighted by molar-refractivity contribution is 9.10. The predicted molar refractivity (Wildman–Crippen MR) is 139 cm³/mol. The summed E-state index contributed by atoms with van der Waals surface area (Å²) < 4.78 is 16.6. The number of ketones is 1. The molecule has 0 aromatic heterocycles. The molecule has 11 atom stereocenters. The Morgan fingerprint density at radius 2 is 1.50 bits per heavy atom. The van der Waals surface area contributed by atoms with Gasteiger partial charge >= 0.3 is 0 Å². The Morgan fingerprint density at radius 1 is 0.921 bits per heavy atom. The summed E-state index contributed by atoms with van der Waals surface area (Å²) in [6.45, 7) is 0.720. The normalized spacial score (nSPS) is 38.7. The second-order valence-corrected chi connectivity index (χ2v) is 11.3. The number of halogens is 1. The van der Waals surface area contributed by atoms with Crippen LogP contribution >= 0.6 is 15.9 Å². The first-order chi connectivity index (χ1) is 18.1. The number of ether oxygens (including phenoxy) is 3. The van der Waals surface area contributed by atoms with Crippen LogP contribution < -0.4 is 5.32 Å². The summed E-state index contributed by atoms with van der Waals surface area (Å²) in [7, 11) is 1.40. The third kappa shape index (κ3) is 8.14. The second-order valence-electron chi connectivity index (χ2n) is 10.2. The van der Waals surface area contributed by atoms with Gasteiger partial charge in [-0.15, -0.1) is 0 Å². The highest BCUT2D eigenvalue weighted by Gasteiger charge is 2.59. The van der Waals surface area contributed by atoms with Gasteiger partial charge in [0, 0.05) is 0 Å². The molecule has 8 N–H and O–H groups in total. The fourth-order valence-electron chi connectivity index (χ4n) is 5.05. The van der Waals surface area contributed by atoms with Crippen LogP contribution in [0.5, 0.6) is 0 Å². The van der Waals surface area contributed by atoms with E-state index in [1.807, 2.05) is 0 Å². The molecule has 2 saturated heterocycles. The van der Waals surface area contributed by atoms with Crippen molar-refractivity contribution in [2.75, 3.05) is 20.3 Å². The Labute approximate surface area is 232 Å². The third-order valence-corrected chi connectivity index (χ3v) is 8.25. The van der Waals surface area contributed by atoms with E-state index >= 15 is 0 Å². The van der Waals surface area contributed by atoms with Crippen LogP contribution in [-0.4, -0.2) is 127 Å². The van der Waals surface area contributed by atoms with Crippen LogP contribution in [0.3, 0.4) is 0 Å². The Kier molecular flexibility index (Phi) is 14.5. The zero-order valence-electron chi connectivity index (χ0n) is 22.2. The van der Waals surface area contributed by atoms with Crippen LogP contribution in [0.4, 0.5) is 0 Å². The van der Waals surface area contributed by atoms with Crippen molar-refractivity contribution in [3.05, 3.63) is 0 Å². The molecule has 0 saturated carbocycles. The predicted octanol–water partition coefficient (Wildman–Crippen LogP) is -0.936. The first kappa shape index (κ1) is 33.9. The van der Waals surface area contributed by atoms with Crippen molar-refractivity contribution >= 4 is 21.7 Å². The van der Waals surface area contributed by atoms with Gasteiger partial charge < -0.3 is 55.3 Å². The lowest BCUT2D eigenvalue weighted by atomic mass is 9.86. The zero-order valence-corrected chi connectivity index (χ0v) is 23.8. The van der Waals surface area contributed by atoms with Gasteiger partial charge in [-0.25, -0.2) is 0 Å². The van der Waals surface area contributed by atoms with E-state index in [9.17, 15) is 40.5 Å². The molecule has 0 aromatic carbocycles. The quantitative estimate of drug-likeness (QED) is 0.0784. The molecule has 224 valence electrons. The maximum atomic E-state index is 13.3. The van der Waals surface area contributed by atoms with E-state index < -0.39 is 84.7 Å². The number of likely N-dealkylation sites (N-methyl/N-ethyl adjacent to an activating group) is 1. The van der Waals surface area contributed by atoms with Gasteiger partial charge in [-0.1, -0.05) is 74.2 Å². The van der Waals surface area contributed by atoms with E-state index in [0.717, 1.165) is 25.7 Å². The monoisotopic (exact) mass is 615 g/mol. The average Bonchev–Trinajstić information content (AvgIpc) is 2.91. The van der Waals surface area contributed by atoms with Crippen molar-refractivity contribution < 1.29 is 54.8 Å². The summed E-state index contributed by atoms with van der Waals surface area (Å²) in [6.07, 6.45) is -3.26. The summed E-state index contributed by atoms with van der Waals surface area (Å²) in [4.78, 5) is 12.5. The van der Waals surface area contributed by atoms with E-state index in [1.165, 1.54) is 32.7 Å². The number of hydrogen-bond acceptors (Lipinski definition) is 12. The van der Waals surface area contributed by atoms with Crippen LogP contribution in [0.2, 0.25) is 0 Å². The topological polar surface area (TPSA) is 198 Å². The summed E-state index contributed by atoms with van der Waals surface area (Å²) in [5.74, 6) is -3.23. The standard InChI is InChI=1S/C25H46BrNO11/c1-3-4-5-6-7-8-9-10-11-14(26)23(34)25(35)22(27-2)20(33)21(16(13-29)38-25)37-24-19(32)18(31)17(30)15(12-28)36-24/h14-22,24,27-33,35H,3-13H2,1-2H3/t14?,15-,16-,17+,18+,19-,20+,21-,22-,24+,25?/m1/s1. The maximum absolute atomic E-state index is 13.3. The number of alkyl halides is 1. The molecule has 0 aromatic rings. The fourth-order valence-corrected chi connectivity index (χ4v) is 5.70. The third-order valence-electron chi connectivity index (χ3n) is 7.38. The van der Waals surface area contributed by atoms with Gasteiger partial charge in [-0.2, -0.15) is 0 Å². The lowest BCUT2D eigenvalue weighted by Crippen LogP contribution is -2.73. The smallest absolute Gasteiger partial charge is 0.246 e. The molecule has 2 aliphatic rings. The molecule has 2 heterocycles. The molecule has 2 unspecified atom stereocenters. The molecule has 38 heavy (non-hydrogen) atoms. The number of nitrogens with one attached hydrogen (secondary N) is 1. The summed E-state index contributed by atoms with van der Waals surface area (Å²) in [5, 5.41) is 74.8. The van der Waals surface area contributed by atoms with Gasteiger partial charge in [0.15, 0.2) is 6.29 Å².